The van der Waals surface area contributed by atoms with Gasteiger partial charge in [0.2, 0.25) is 5.91 Å². The Morgan fingerprint density at radius 2 is 1.96 bits per heavy atom. The highest BCUT2D eigenvalue weighted by molar-refractivity contribution is 7.91. The zero-order valence-corrected chi connectivity index (χ0v) is 16.1. The molecule has 140 valence electrons. The minimum Gasteiger partial charge on any atom is -0.480 e. The van der Waals surface area contributed by atoms with E-state index in [9.17, 15) is 18.0 Å². The molecule has 1 saturated heterocycles. The van der Waals surface area contributed by atoms with Gasteiger partial charge in [-0.1, -0.05) is 6.92 Å². The molecule has 0 saturated carbocycles. The second-order valence-corrected chi connectivity index (χ2v) is 9.51. The van der Waals surface area contributed by atoms with E-state index >= 15 is 0 Å². The lowest BCUT2D eigenvalue weighted by Crippen LogP contribution is -2.42. The van der Waals surface area contributed by atoms with Gasteiger partial charge in [0.1, 0.15) is 10.8 Å². The van der Waals surface area contributed by atoms with Crippen molar-refractivity contribution < 1.29 is 23.1 Å². The highest BCUT2D eigenvalue weighted by Gasteiger charge is 2.29. The quantitative estimate of drug-likeness (QED) is 0.732. The monoisotopic (exact) mass is 388 g/mol. The van der Waals surface area contributed by atoms with Gasteiger partial charge in [0, 0.05) is 24.0 Å². The number of rotatable bonds is 8. The van der Waals surface area contributed by atoms with Crippen molar-refractivity contribution in [2.45, 2.75) is 49.8 Å². The maximum atomic E-state index is 12.5. The lowest BCUT2D eigenvalue weighted by molar-refractivity contribution is -0.145. The van der Waals surface area contributed by atoms with Gasteiger partial charge in [-0.15, -0.1) is 11.3 Å². The molecule has 0 aliphatic carbocycles. The molecule has 2 rings (SSSR count). The topological polar surface area (TPSA) is 95.0 Å². The first-order valence-electron chi connectivity index (χ1n) is 8.35. The minimum atomic E-state index is -3.48. The Morgan fingerprint density at radius 3 is 2.52 bits per heavy atom. The van der Waals surface area contributed by atoms with Crippen molar-refractivity contribution >= 4 is 33.2 Å². The minimum absolute atomic E-state index is 0.0117. The number of hydrogen-bond donors (Lipinski definition) is 1. The summed E-state index contributed by atoms with van der Waals surface area (Å²) in [6.07, 6.45) is 2.40. The van der Waals surface area contributed by atoms with E-state index in [0.717, 1.165) is 24.2 Å². The fourth-order valence-electron chi connectivity index (χ4n) is 2.75. The Labute approximate surface area is 152 Å². The summed E-state index contributed by atoms with van der Waals surface area (Å²) in [7, 11) is -3.48. The van der Waals surface area contributed by atoms with Crippen molar-refractivity contribution in [2.24, 2.45) is 0 Å². The summed E-state index contributed by atoms with van der Waals surface area (Å²) in [5, 5.41) is 9.00. The van der Waals surface area contributed by atoms with Crippen LogP contribution >= 0.6 is 11.3 Å². The first kappa shape index (κ1) is 19.9. The molecule has 1 aromatic heterocycles. The highest BCUT2D eigenvalue weighted by atomic mass is 32.2. The molecule has 7 nitrogen and oxygen atoms in total. The maximum Gasteiger partial charge on any atom is 0.323 e. The van der Waals surface area contributed by atoms with E-state index in [1.807, 2.05) is 6.92 Å². The molecule has 1 unspecified atom stereocenters. The molecule has 0 spiro atoms. The Kier molecular flexibility index (Phi) is 6.59. The van der Waals surface area contributed by atoms with Gasteiger partial charge in [-0.05, 0) is 38.3 Å². The van der Waals surface area contributed by atoms with Gasteiger partial charge < -0.3 is 10.0 Å². The molecule has 1 amide bonds. The average Bonchev–Trinajstić information content (AvgIpc) is 3.23. The molecule has 1 atom stereocenters. The number of sulfonamides is 1. The lowest BCUT2D eigenvalue weighted by atomic mass is 10.2. The molecule has 0 aromatic carbocycles. The molecule has 9 heteroatoms. The number of aliphatic carboxylic acids is 1. The third-order valence-corrected chi connectivity index (χ3v) is 7.82. The Hall–Kier alpha value is -1.45. The number of hydrogen-bond acceptors (Lipinski definition) is 5. The van der Waals surface area contributed by atoms with Crippen LogP contribution in [0.3, 0.4) is 0 Å². The van der Waals surface area contributed by atoms with Crippen LogP contribution in [0.15, 0.2) is 16.3 Å². The number of thiophene rings is 1. The van der Waals surface area contributed by atoms with E-state index in [4.69, 9.17) is 5.11 Å². The van der Waals surface area contributed by atoms with Crippen LogP contribution in [0.1, 0.15) is 38.0 Å². The van der Waals surface area contributed by atoms with Crippen molar-refractivity contribution in [3.05, 3.63) is 17.0 Å². The molecular formula is C16H24N2O5S2. The van der Waals surface area contributed by atoms with Crippen LogP contribution in [-0.4, -0.2) is 60.3 Å². The van der Waals surface area contributed by atoms with Gasteiger partial charge in [0.25, 0.3) is 10.0 Å². The van der Waals surface area contributed by atoms with Crippen LogP contribution in [0.25, 0.3) is 0 Å². The van der Waals surface area contributed by atoms with Crippen molar-refractivity contribution in [3.8, 4) is 0 Å². The number of carbonyl (C=O) groups is 2. The van der Waals surface area contributed by atoms with E-state index in [0.29, 0.717) is 24.4 Å². The molecule has 0 radical (unpaired) electrons. The average molecular weight is 389 g/mol. The van der Waals surface area contributed by atoms with E-state index in [1.54, 1.807) is 13.0 Å². The molecule has 25 heavy (non-hydrogen) atoms. The van der Waals surface area contributed by atoms with Crippen molar-refractivity contribution in [3.63, 3.8) is 0 Å². The molecular weight excluding hydrogens is 364 g/mol. The zero-order valence-electron chi connectivity index (χ0n) is 14.5. The number of amides is 1. The molecule has 1 aliphatic rings. The molecule has 1 aromatic rings. The second kappa shape index (κ2) is 8.29. The number of carboxylic acid groups (broad SMARTS) is 1. The first-order valence-corrected chi connectivity index (χ1v) is 10.6. The molecule has 1 aliphatic heterocycles. The van der Waals surface area contributed by atoms with Crippen LogP contribution in [0.2, 0.25) is 0 Å². The van der Waals surface area contributed by atoms with Crippen molar-refractivity contribution in [1.82, 2.24) is 9.21 Å². The van der Waals surface area contributed by atoms with Crippen LogP contribution in [-0.2, 0) is 26.0 Å². The molecule has 2 heterocycles. The van der Waals surface area contributed by atoms with E-state index < -0.39 is 16.0 Å². The predicted molar refractivity (Wildman–Crippen MR) is 95.1 cm³/mol. The Bertz CT molecular complexity index is 723. The van der Waals surface area contributed by atoms with Gasteiger partial charge in [0.05, 0.1) is 6.42 Å². The highest BCUT2D eigenvalue weighted by Crippen LogP contribution is 2.28. The van der Waals surface area contributed by atoms with Crippen LogP contribution in [0.5, 0.6) is 0 Å². The predicted octanol–water partition coefficient (Wildman–Crippen LogP) is 1.79. The van der Waals surface area contributed by atoms with E-state index in [-0.39, 0.29) is 29.1 Å². The fourth-order valence-corrected chi connectivity index (χ4v) is 5.77. The van der Waals surface area contributed by atoms with Gasteiger partial charge in [-0.25, -0.2) is 8.42 Å². The fraction of sp³-hybridized carbons (Fsp3) is 0.625. The van der Waals surface area contributed by atoms with Gasteiger partial charge in [-0.2, -0.15) is 4.31 Å². The van der Waals surface area contributed by atoms with Crippen molar-refractivity contribution in [2.75, 3.05) is 19.6 Å². The van der Waals surface area contributed by atoms with Gasteiger partial charge >= 0.3 is 5.97 Å². The third kappa shape index (κ3) is 4.80. The number of nitrogens with zero attached hydrogens (tertiary/aromatic N) is 2. The Morgan fingerprint density at radius 1 is 1.32 bits per heavy atom. The molecule has 0 bridgehead atoms. The van der Waals surface area contributed by atoms with Crippen molar-refractivity contribution in [1.29, 1.82) is 0 Å². The third-order valence-electron chi connectivity index (χ3n) is 4.37. The summed E-state index contributed by atoms with van der Waals surface area (Å²) in [6.45, 7) is 4.42. The summed E-state index contributed by atoms with van der Waals surface area (Å²) in [4.78, 5) is 25.4. The number of carbonyl (C=O) groups excluding carboxylic acids is 1. The summed E-state index contributed by atoms with van der Waals surface area (Å²) >= 11 is 1.09. The molecule has 1 N–H and O–H groups in total. The summed E-state index contributed by atoms with van der Waals surface area (Å²) in [5.41, 5.74) is 0. The van der Waals surface area contributed by atoms with Crippen LogP contribution in [0.4, 0.5) is 0 Å². The van der Waals surface area contributed by atoms with Crippen LogP contribution < -0.4 is 0 Å². The Balaban J connectivity index is 2.11. The maximum absolute atomic E-state index is 12.5. The van der Waals surface area contributed by atoms with E-state index in [2.05, 4.69) is 0 Å². The molecule has 1 fully saturated rings. The smallest absolute Gasteiger partial charge is 0.323 e. The summed E-state index contributed by atoms with van der Waals surface area (Å²) in [6, 6.07) is 2.99. The van der Waals surface area contributed by atoms with Gasteiger partial charge in [0.15, 0.2) is 0 Å². The first-order chi connectivity index (χ1) is 11.8. The van der Waals surface area contributed by atoms with E-state index in [1.165, 1.54) is 15.3 Å². The summed E-state index contributed by atoms with van der Waals surface area (Å²) < 4.78 is 26.8. The van der Waals surface area contributed by atoms with Crippen LogP contribution in [0, 0.1) is 0 Å². The number of carboxylic acids is 1. The lowest BCUT2D eigenvalue weighted by Gasteiger charge is -2.26. The normalized spacial score (nSPS) is 16.7. The van der Waals surface area contributed by atoms with Gasteiger partial charge in [-0.3, -0.25) is 9.59 Å². The standard InChI is InChI=1S/C16H24N2O5S2/c1-3-12(2)18(11-15(20)21)14(19)10-13-6-7-16(24-13)25(22,23)17-8-4-5-9-17/h6-7,12H,3-5,8-11H2,1-2H3,(H,20,21). The summed E-state index contributed by atoms with van der Waals surface area (Å²) in [5.74, 6) is -1.36. The second-order valence-electron chi connectivity index (χ2n) is 6.18. The zero-order chi connectivity index (χ0) is 18.6. The largest absolute Gasteiger partial charge is 0.480 e. The SMILES string of the molecule is CCC(C)N(CC(=O)O)C(=O)Cc1ccc(S(=O)(=O)N2CCCC2)s1.